The lowest BCUT2D eigenvalue weighted by Gasteiger charge is -2.04. The van der Waals surface area contributed by atoms with Gasteiger partial charge in [-0.2, -0.15) is 5.26 Å². The molecule has 14 heavy (non-hydrogen) atoms. The van der Waals surface area contributed by atoms with Crippen molar-refractivity contribution in [3.63, 3.8) is 0 Å². The van der Waals surface area contributed by atoms with Gasteiger partial charge >= 0.3 is 0 Å². The standard InChI is InChI=1S/C11H7ClN2/c1-7-2-3-10(12)11-8(4-13)5-14-6-9(7)11/h2-3,5-6H,1H3. The molecule has 2 aromatic rings. The lowest BCUT2D eigenvalue weighted by atomic mass is 10.0. The third-order valence-corrected chi connectivity index (χ3v) is 2.52. The fraction of sp³-hybridized carbons (Fsp3) is 0.0909. The predicted octanol–water partition coefficient (Wildman–Crippen LogP) is 3.07. The van der Waals surface area contributed by atoms with Gasteiger partial charge < -0.3 is 0 Å². The summed E-state index contributed by atoms with van der Waals surface area (Å²) in [5.41, 5.74) is 1.60. The molecule has 0 atom stereocenters. The van der Waals surface area contributed by atoms with Crippen molar-refractivity contribution >= 4 is 22.4 Å². The van der Waals surface area contributed by atoms with Gasteiger partial charge in [0.25, 0.3) is 0 Å². The normalized spacial score (nSPS) is 10.1. The molecule has 0 bridgehead atoms. The molecule has 1 aromatic carbocycles. The number of hydrogen-bond acceptors (Lipinski definition) is 2. The summed E-state index contributed by atoms with van der Waals surface area (Å²) in [6.45, 7) is 1.97. The molecule has 0 spiro atoms. The SMILES string of the molecule is Cc1ccc(Cl)c2c(C#N)cncc12. The summed E-state index contributed by atoms with van der Waals surface area (Å²) < 4.78 is 0. The zero-order valence-corrected chi connectivity index (χ0v) is 8.34. The summed E-state index contributed by atoms with van der Waals surface area (Å²) in [6.07, 6.45) is 3.27. The van der Waals surface area contributed by atoms with E-state index in [1.165, 1.54) is 6.20 Å². The topological polar surface area (TPSA) is 36.7 Å². The van der Waals surface area contributed by atoms with Crippen LogP contribution in [0, 0.1) is 18.3 Å². The zero-order valence-electron chi connectivity index (χ0n) is 7.58. The number of aryl methyl sites for hydroxylation is 1. The van der Waals surface area contributed by atoms with E-state index in [0.717, 1.165) is 16.3 Å². The van der Waals surface area contributed by atoms with Gasteiger partial charge in [0.15, 0.2) is 0 Å². The van der Waals surface area contributed by atoms with Gasteiger partial charge in [0.1, 0.15) is 6.07 Å². The first-order valence-electron chi connectivity index (χ1n) is 4.17. The average molecular weight is 203 g/mol. The summed E-state index contributed by atoms with van der Waals surface area (Å²) in [7, 11) is 0. The highest BCUT2D eigenvalue weighted by molar-refractivity contribution is 6.36. The van der Waals surface area contributed by atoms with Crippen molar-refractivity contribution in [3.05, 3.63) is 40.7 Å². The highest BCUT2D eigenvalue weighted by Gasteiger charge is 2.06. The van der Waals surface area contributed by atoms with Crippen LogP contribution < -0.4 is 0 Å². The number of halogens is 1. The van der Waals surface area contributed by atoms with E-state index in [1.54, 1.807) is 12.3 Å². The minimum absolute atomic E-state index is 0.524. The third kappa shape index (κ3) is 1.23. The van der Waals surface area contributed by atoms with E-state index in [9.17, 15) is 0 Å². The highest BCUT2D eigenvalue weighted by Crippen LogP contribution is 2.27. The molecule has 0 amide bonds. The molecular formula is C11H7ClN2. The van der Waals surface area contributed by atoms with Gasteiger partial charge in [0.05, 0.1) is 5.56 Å². The second-order valence-electron chi connectivity index (χ2n) is 3.09. The van der Waals surface area contributed by atoms with Crippen LogP contribution in [0.2, 0.25) is 5.02 Å². The number of pyridine rings is 1. The van der Waals surface area contributed by atoms with Crippen LogP contribution in [0.4, 0.5) is 0 Å². The number of aromatic nitrogens is 1. The minimum Gasteiger partial charge on any atom is -0.263 e. The maximum Gasteiger partial charge on any atom is 0.101 e. The van der Waals surface area contributed by atoms with Crippen LogP contribution in [0.1, 0.15) is 11.1 Å². The lowest BCUT2D eigenvalue weighted by molar-refractivity contribution is 1.33. The van der Waals surface area contributed by atoms with E-state index in [2.05, 4.69) is 11.1 Å². The number of nitriles is 1. The number of nitrogens with zero attached hydrogens (tertiary/aromatic N) is 2. The van der Waals surface area contributed by atoms with E-state index in [0.29, 0.717) is 10.6 Å². The number of hydrogen-bond donors (Lipinski definition) is 0. The molecule has 0 saturated heterocycles. The second kappa shape index (κ2) is 3.28. The average Bonchev–Trinajstić information content (AvgIpc) is 2.23. The summed E-state index contributed by atoms with van der Waals surface area (Å²) in [5, 5.41) is 11.2. The molecular weight excluding hydrogens is 196 g/mol. The van der Waals surface area contributed by atoms with Gasteiger partial charge in [0, 0.05) is 28.2 Å². The Kier molecular flexibility index (Phi) is 2.11. The summed E-state index contributed by atoms with van der Waals surface area (Å²) in [5.74, 6) is 0. The van der Waals surface area contributed by atoms with E-state index in [4.69, 9.17) is 16.9 Å². The van der Waals surface area contributed by atoms with Crippen LogP contribution in [0.15, 0.2) is 24.5 Å². The molecule has 0 fully saturated rings. The first-order valence-corrected chi connectivity index (χ1v) is 4.54. The molecule has 0 N–H and O–H groups in total. The summed E-state index contributed by atoms with van der Waals surface area (Å²) in [6, 6.07) is 5.82. The van der Waals surface area contributed by atoms with Crippen molar-refractivity contribution in [2.75, 3.05) is 0 Å². The van der Waals surface area contributed by atoms with Crippen molar-refractivity contribution in [2.45, 2.75) is 6.92 Å². The van der Waals surface area contributed by atoms with Crippen LogP contribution in [-0.2, 0) is 0 Å². The zero-order chi connectivity index (χ0) is 10.1. The third-order valence-electron chi connectivity index (χ3n) is 2.21. The molecule has 3 heteroatoms. The van der Waals surface area contributed by atoms with E-state index in [1.807, 2.05) is 13.0 Å². The smallest absolute Gasteiger partial charge is 0.101 e. The molecule has 0 aliphatic rings. The Bertz CT molecular complexity index is 541. The van der Waals surface area contributed by atoms with Crippen LogP contribution in [-0.4, -0.2) is 4.98 Å². The Morgan fingerprint density at radius 3 is 2.86 bits per heavy atom. The van der Waals surface area contributed by atoms with Crippen molar-refractivity contribution in [1.82, 2.24) is 4.98 Å². The van der Waals surface area contributed by atoms with Gasteiger partial charge in [0.2, 0.25) is 0 Å². The quantitative estimate of drug-likeness (QED) is 0.658. The Labute approximate surface area is 86.8 Å². The molecule has 0 aliphatic heterocycles. The fourth-order valence-corrected chi connectivity index (χ4v) is 1.74. The maximum absolute atomic E-state index is 8.90. The molecule has 0 aliphatic carbocycles. The lowest BCUT2D eigenvalue weighted by Crippen LogP contribution is -1.86. The van der Waals surface area contributed by atoms with Crippen LogP contribution >= 0.6 is 11.6 Å². The number of rotatable bonds is 0. The maximum atomic E-state index is 8.90. The van der Waals surface area contributed by atoms with Crippen LogP contribution in [0.5, 0.6) is 0 Å². The first kappa shape index (κ1) is 8.98. The highest BCUT2D eigenvalue weighted by atomic mass is 35.5. The van der Waals surface area contributed by atoms with Crippen molar-refractivity contribution in [2.24, 2.45) is 0 Å². The van der Waals surface area contributed by atoms with Crippen LogP contribution in [0.3, 0.4) is 0 Å². The number of fused-ring (bicyclic) bond motifs is 1. The minimum atomic E-state index is 0.524. The summed E-state index contributed by atoms with van der Waals surface area (Å²) in [4.78, 5) is 4.00. The molecule has 0 saturated carbocycles. The van der Waals surface area contributed by atoms with Crippen LogP contribution in [0.25, 0.3) is 10.8 Å². The molecule has 1 aromatic heterocycles. The van der Waals surface area contributed by atoms with Gasteiger partial charge in [-0.05, 0) is 18.6 Å². The molecule has 2 rings (SSSR count). The Hall–Kier alpha value is -1.59. The van der Waals surface area contributed by atoms with Crippen molar-refractivity contribution in [1.29, 1.82) is 5.26 Å². The van der Waals surface area contributed by atoms with E-state index in [-0.39, 0.29) is 0 Å². The van der Waals surface area contributed by atoms with Gasteiger partial charge in [-0.25, -0.2) is 0 Å². The monoisotopic (exact) mass is 202 g/mol. The molecule has 68 valence electrons. The van der Waals surface area contributed by atoms with Gasteiger partial charge in [-0.15, -0.1) is 0 Å². The Morgan fingerprint density at radius 2 is 2.14 bits per heavy atom. The first-order chi connectivity index (χ1) is 6.74. The summed E-state index contributed by atoms with van der Waals surface area (Å²) >= 11 is 6.03. The Balaban J connectivity index is 3.01. The Morgan fingerprint density at radius 1 is 1.36 bits per heavy atom. The van der Waals surface area contributed by atoms with E-state index < -0.39 is 0 Å². The van der Waals surface area contributed by atoms with Gasteiger partial charge in [-0.3, -0.25) is 4.98 Å². The molecule has 0 radical (unpaired) electrons. The van der Waals surface area contributed by atoms with Crippen molar-refractivity contribution < 1.29 is 0 Å². The largest absolute Gasteiger partial charge is 0.263 e. The predicted molar refractivity (Wildman–Crippen MR) is 56.2 cm³/mol. The van der Waals surface area contributed by atoms with Crippen molar-refractivity contribution in [3.8, 4) is 6.07 Å². The molecule has 1 heterocycles. The second-order valence-corrected chi connectivity index (χ2v) is 3.49. The number of benzene rings is 1. The molecule has 2 nitrogen and oxygen atoms in total. The van der Waals surface area contributed by atoms with E-state index >= 15 is 0 Å². The fourth-order valence-electron chi connectivity index (χ4n) is 1.47. The van der Waals surface area contributed by atoms with Gasteiger partial charge in [-0.1, -0.05) is 17.7 Å². The molecule has 0 unspecified atom stereocenters.